The van der Waals surface area contributed by atoms with E-state index in [9.17, 15) is 28.8 Å². The molecule has 0 aromatic carbocycles. The van der Waals surface area contributed by atoms with Crippen molar-refractivity contribution in [3.8, 4) is 0 Å². The largest absolute Gasteiger partial charge is 0.460 e. The summed E-state index contributed by atoms with van der Waals surface area (Å²) in [5.74, 6) is -3.37. The lowest BCUT2D eigenvalue weighted by Gasteiger charge is -2.30. The van der Waals surface area contributed by atoms with Gasteiger partial charge >= 0.3 is 36.1 Å². The second-order valence-corrected chi connectivity index (χ2v) is 10.8. The third kappa shape index (κ3) is 16.3. The molecular formula is C31H42N2O12. The summed E-state index contributed by atoms with van der Waals surface area (Å²) in [6.45, 7) is 28.0. The first-order chi connectivity index (χ1) is 20.6. The van der Waals surface area contributed by atoms with Crippen LogP contribution in [0.15, 0.2) is 73.3 Å². The van der Waals surface area contributed by atoms with E-state index in [0.717, 1.165) is 0 Å². The maximum atomic E-state index is 12.6. The van der Waals surface area contributed by atoms with Crippen LogP contribution >= 0.6 is 0 Å². The Morgan fingerprint density at radius 2 is 0.711 bits per heavy atom. The summed E-state index contributed by atoms with van der Waals surface area (Å²) in [7, 11) is 0. The summed E-state index contributed by atoms with van der Waals surface area (Å²) in [4.78, 5) is 72.7. The molecule has 0 aliphatic carbocycles. The normalized spacial score (nSPS) is 10.6. The van der Waals surface area contributed by atoms with E-state index in [1.54, 1.807) is 0 Å². The Kier molecular flexibility index (Phi) is 15.8. The molecule has 0 saturated heterocycles. The van der Waals surface area contributed by atoms with Crippen LogP contribution in [0.5, 0.6) is 0 Å². The third-order valence-corrected chi connectivity index (χ3v) is 5.16. The Morgan fingerprint density at radius 1 is 0.489 bits per heavy atom. The molecule has 0 aromatic heterocycles. The van der Waals surface area contributed by atoms with Gasteiger partial charge in [-0.15, -0.1) is 0 Å². The number of carbonyl (C=O) groups is 6. The van der Waals surface area contributed by atoms with Crippen LogP contribution < -0.4 is 10.6 Å². The van der Waals surface area contributed by atoms with Crippen molar-refractivity contribution in [2.45, 2.75) is 59.0 Å². The molecule has 0 fully saturated rings. The first kappa shape index (κ1) is 39.9. The number of rotatable bonds is 18. The van der Waals surface area contributed by atoms with Gasteiger partial charge in [-0.1, -0.05) is 39.5 Å². The van der Waals surface area contributed by atoms with Crippen molar-refractivity contribution >= 4 is 36.1 Å². The Balaban J connectivity index is 5.32. The summed E-state index contributed by atoms with van der Waals surface area (Å²) in [6.07, 6.45) is -2.47. The maximum absolute atomic E-state index is 12.6. The van der Waals surface area contributed by atoms with Crippen molar-refractivity contribution in [3.63, 3.8) is 0 Å². The molecule has 0 saturated carbocycles. The van der Waals surface area contributed by atoms with Crippen LogP contribution in [0.4, 0.5) is 9.59 Å². The summed E-state index contributed by atoms with van der Waals surface area (Å²) in [5.41, 5.74) is -2.45. The van der Waals surface area contributed by atoms with Crippen LogP contribution in [0, 0.1) is 0 Å². The lowest BCUT2D eigenvalue weighted by molar-refractivity contribution is -0.147. The maximum Gasteiger partial charge on any atom is 0.412 e. The van der Waals surface area contributed by atoms with Gasteiger partial charge in [-0.2, -0.15) is 0 Å². The minimum Gasteiger partial charge on any atom is -0.460 e. The molecule has 45 heavy (non-hydrogen) atoms. The molecule has 2 N–H and O–H groups in total. The monoisotopic (exact) mass is 634 g/mol. The van der Waals surface area contributed by atoms with Crippen molar-refractivity contribution in [3.05, 3.63) is 73.3 Å². The number of amides is 2. The Bertz CT molecular complexity index is 1120. The number of hydrogen-bond acceptors (Lipinski definition) is 12. The van der Waals surface area contributed by atoms with E-state index >= 15 is 0 Å². The highest BCUT2D eigenvalue weighted by atomic mass is 16.6. The highest BCUT2D eigenvalue weighted by Gasteiger charge is 2.33. The van der Waals surface area contributed by atoms with Crippen molar-refractivity contribution in [2.75, 3.05) is 26.4 Å². The number of nitrogens with one attached hydrogen (secondary N) is 2. The lowest BCUT2D eigenvalue weighted by atomic mass is 10.1. The van der Waals surface area contributed by atoms with Gasteiger partial charge in [0.1, 0.15) is 49.0 Å². The molecule has 0 unspecified atom stereocenters. The number of ether oxygens (including phenoxy) is 6. The first-order valence-electron chi connectivity index (χ1n) is 13.3. The summed E-state index contributed by atoms with van der Waals surface area (Å²) in [6, 6.07) is 0. The average molecular weight is 635 g/mol. The van der Waals surface area contributed by atoms with Crippen LogP contribution in [0.25, 0.3) is 0 Å². The van der Waals surface area contributed by atoms with Crippen molar-refractivity contribution < 1.29 is 57.2 Å². The standard InChI is InChI=1S/C31H42N2O12/c1-18(2)24(34)40-14-30(11,15-41-25(35)19(3)4)32-28(38)44-22(9)13-23(10)45-29(39)33-31(12,16-42-26(36)20(5)6)17-43-27(37)21(7)8/h1,3,5,7,9-10,13-17H2,2,4,6,8,11-12H3,(H,32,38)(H,33,39). The van der Waals surface area contributed by atoms with Gasteiger partial charge < -0.3 is 39.1 Å². The molecule has 0 aliphatic heterocycles. The van der Waals surface area contributed by atoms with E-state index in [0.29, 0.717) is 0 Å². The predicted molar refractivity (Wildman–Crippen MR) is 162 cm³/mol. The molecule has 248 valence electrons. The van der Waals surface area contributed by atoms with Gasteiger partial charge in [0.25, 0.3) is 0 Å². The Morgan fingerprint density at radius 3 is 0.911 bits per heavy atom. The average Bonchev–Trinajstić information content (AvgIpc) is 2.91. The van der Waals surface area contributed by atoms with E-state index < -0.39 is 73.6 Å². The quantitative estimate of drug-likeness (QED) is 0.0963. The zero-order valence-electron chi connectivity index (χ0n) is 26.7. The second kappa shape index (κ2) is 17.9. The van der Waals surface area contributed by atoms with Crippen molar-refractivity contribution in [1.29, 1.82) is 0 Å². The van der Waals surface area contributed by atoms with Crippen LogP contribution in [-0.2, 0) is 47.6 Å². The topological polar surface area (TPSA) is 182 Å². The highest BCUT2D eigenvalue weighted by Crippen LogP contribution is 2.15. The number of esters is 4. The summed E-state index contributed by atoms with van der Waals surface area (Å²) in [5, 5.41) is 4.88. The van der Waals surface area contributed by atoms with E-state index in [1.165, 1.54) is 41.5 Å². The Hall–Kier alpha value is -5.14. The van der Waals surface area contributed by atoms with Crippen LogP contribution in [-0.4, -0.2) is 73.6 Å². The predicted octanol–water partition coefficient (Wildman–Crippen LogP) is 3.85. The van der Waals surface area contributed by atoms with E-state index in [4.69, 9.17) is 28.4 Å². The first-order valence-corrected chi connectivity index (χ1v) is 13.3. The zero-order chi connectivity index (χ0) is 35.1. The number of hydrogen-bond donors (Lipinski definition) is 2. The fourth-order valence-corrected chi connectivity index (χ4v) is 2.72. The van der Waals surface area contributed by atoms with Gasteiger partial charge in [0.05, 0.1) is 6.42 Å². The van der Waals surface area contributed by atoms with Crippen LogP contribution in [0.1, 0.15) is 48.0 Å². The molecule has 14 nitrogen and oxygen atoms in total. The van der Waals surface area contributed by atoms with Crippen molar-refractivity contribution in [1.82, 2.24) is 10.6 Å². The molecule has 0 radical (unpaired) electrons. The molecule has 2 amide bonds. The van der Waals surface area contributed by atoms with Gasteiger partial charge in [0, 0.05) is 22.3 Å². The van der Waals surface area contributed by atoms with Gasteiger partial charge in [-0.25, -0.2) is 28.8 Å². The molecule has 0 aliphatic rings. The minimum atomic E-state index is -1.44. The van der Waals surface area contributed by atoms with E-state index in [1.807, 2.05) is 0 Å². The fourth-order valence-electron chi connectivity index (χ4n) is 2.72. The number of alkyl carbamates (subject to hydrolysis) is 2. The fraction of sp³-hybridized carbons (Fsp3) is 0.419. The van der Waals surface area contributed by atoms with Crippen LogP contribution in [0.2, 0.25) is 0 Å². The number of carbonyl (C=O) groups excluding carboxylic acids is 6. The summed E-state index contributed by atoms with van der Waals surface area (Å²) >= 11 is 0. The smallest absolute Gasteiger partial charge is 0.412 e. The molecule has 0 spiro atoms. The molecule has 0 atom stereocenters. The van der Waals surface area contributed by atoms with Gasteiger partial charge in [-0.05, 0) is 41.5 Å². The third-order valence-electron chi connectivity index (χ3n) is 5.16. The molecule has 0 aromatic rings. The minimum absolute atomic E-state index is 0.107. The van der Waals surface area contributed by atoms with E-state index in [-0.39, 0.29) is 40.2 Å². The molecule has 14 heteroatoms. The van der Waals surface area contributed by atoms with E-state index in [2.05, 4.69) is 50.1 Å². The Labute approximate surface area is 262 Å². The zero-order valence-corrected chi connectivity index (χ0v) is 26.7. The molecular weight excluding hydrogens is 592 g/mol. The summed E-state index contributed by atoms with van der Waals surface area (Å²) < 4.78 is 30.7. The molecule has 0 heterocycles. The van der Waals surface area contributed by atoms with Gasteiger partial charge in [-0.3, -0.25) is 0 Å². The SMILES string of the molecule is C=C(CC(=C)OC(=O)NC(C)(COC(=O)C(=C)C)COC(=O)C(=C)C)OC(=O)NC(C)(COC(=O)C(=C)C)COC(=O)C(=C)C. The van der Waals surface area contributed by atoms with Crippen molar-refractivity contribution in [2.24, 2.45) is 0 Å². The lowest BCUT2D eigenvalue weighted by Crippen LogP contribution is -2.54. The highest BCUT2D eigenvalue weighted by molar-refractivity contribution is 5.88. The van der Waals surface area contributed by atoms with Gasteiger partial charge in [0.2, 0.25) is 0 Å². The van der Waals surface area contributed by atoms with Crippen LogP contribution in [0.3, 0.4) is 0 Å². The molecule has 0 bridgehead atoms. The second-order valence-electron chi connectivity index (χ2n) is 10.8. The molecule has 0 rings (SSSR count). The van der Waals surface area contributed by atoms with Gasteiger partial charge in [0.15, 0.2) is 0 Å².